The zero-order chi connectivity index (χ0) is 13.2. The molecule has 0 aromatic carbocycles. The predicted octanol–water partition coefficient (Wildman–Crippen LogP) is 3.26. The summed E-state index contributed by atoms with van der Waals surface area (Å²) >= 11 is 3.35. The average Bonchev–Trinajstić information content (AvgIpc) is 2.39. The van der Waals surface area contributed by atoms with Gasteiger partial charge in [0.1, 0.15) is 10.8 Å². The molecule has 1 rings (SSSR count). The number of aromatic nitrogens is 2. The smallest absolute Gasteiger partial charge is 0.233 e. The Morgan fingerprint density at radius 1 is 1.22 bits per heavy atom. The van der Waals surface area contributed by atoms with Crippen LogP contribution in [0.15, 0.2) is 10.8 Å². The highest BCUT2D eigenvalue weighted by molar-refractivity contribution is 9.10. The van der Waals surface area contributed by atoms with E-state index in [0.717, 1.165) is 6.42 Å². The van der Waals surface area contributed by atoms with Crippen molar-refractivity contribution < 1.29 is 4.74 Å². The molecule has 6 heteroatoms. The summed E-state index contributed by atoms with van der Waals surface area (Å²) in [7, 11) is 0. The summed E-state index contributed by atoms with van der Waals surface area (Å²) in [5.41, 5.74) is 2.48. The van der Waals surface area contributed by atoms with Crippen LogP contribution in [0.5, 0.6) is 5.88 Å². The van der Waals surface area contributed by atoms with Gasteiger partial charge in [0.25, 0.3) is 0 Å². The van der Waals surface area contributed by atoms with Crippen molar-refractivity contribution in [3.8, 4) is 5.88 Å². The van der Waals surface area contributed by atoms with E-state index >= 15 is 0 Å². The third-order valence-electron chi connectivity index (χ3n) is 2.63. The number of hydrazine groups is 1. The fourth-order valence-electron chi connectivity index (χ4n) is 1.61. The fraction of sp³-hybridized carbons (Fsp3) is 0.667. The minimum absolute atomic E-state index is 0.531. The van der Waals surface area contributed by atoms with Crippen LogP contribution >= 0.6 is 15.9 Å². The van der Waals surface area contributed by atoms with Crippen molar-refractivity contribution in [2.24, 2.45) is 5.84 Å². The third-order valence-corrected chi connectivity index (χ3v) is 3.35. The van der Waals surface area contributed by atoms with Crippen LogP contribution in [0.4, 0.5) is 5.82 Å². The van der Waals surface area contributed by atoms with Crippen LogP contribution in [0, 0.1) is 0 Å². The van der Waals surface area contributed by atoms with Crippen LogP contribution in [0.2, 0.25) is 0 Å². The maximum atomic E-state index is 5.59. The van der Waals surface area contributed by atoms with Crippen molar-refractivity contribution in [3.63, 3.8) is 0 Å². The average molecular weight is 317 g/mol. The number of nitrogens with two attached hydrogens (primary N) is 1. The Morgan fingerprint density at radius 3 is 2.67 bits per heavy atom. The Hall–Kier alpha value is -0.880. The number of nitrogens with one attached hydrogen (secondary N) is 1. The van der Waals surface area contributed by atoms with Crippen molar-refractivity contribution in [1.82, 2.24) is 9.97 Å². The maximum absolute atomic E-state index is 5.59. The minimum atomic E-state index is 0.531. The summed E-state index contributed by atoms with van der Waals surface area (Å²) < 4.78 is 6.26. The highest BCUT2D eigenvalue weighted by atomic mass is 79.9. The summed E-state index contributed by atoms with van der Waals surface area (Å²) in [6.45, 7) is 2.89. The first-order valence-electron chi connectivity index (χ1n) is 6.39. The van der Waals surface area contributed by atoms with Crippen LogP contribution < -0.4 is 16.0 Å². The first kappa shape index (κ1) is 15.2. The number of unbranched alkanes of at least 4 members (excludes halogenated alkanes) is 5. The lowest BCUT2D eigenvalue weighted by Crippen LogP contribution is -2.10. The van der Waals surface area contributed by atoms with E-state index in [1.165, 1.54) is 38.4 Å². The molecule has 0 amide bonds. The van der Waals surface area contributed by atoms with Gasteiger partial charge in [0.05, 0.1) is 6.61 Å². The van der Waals surface area contributed by atoms with E-state index in [-0.39, 0.29) is 0 Å². The molecule has 0 atom stereocenters. The van der Waals surface area contributed by atoms with Crippen LogP contribution in [0.25, 0.3) is 0 Å². The van der Waals surface area contributed by atoms with E-state index in [0.29, 0.717) is 22.8 Å². The van der Waals surface area contributed by atoms with E-state index in [4.69, 9.17) is 10.6 Å². The van der Waals surface area contributed by atoms with Gasteiger partial charge in [-0.1, -0.05) is 39.0 Å². The van der Waals surface area contributed by atoms with Gasteiger partial charge in [-0.3, -0.25) is 0 Å². The normalized spacial score (nSPS) is 10.4. The molecule has 0 aliphatic heterocycles. The van der Waals surface area contributed by atoms with Crippen molar-refractivity contribution in [1.29, 1.82) is 0 Å². The predicted molar refractivity (Wildman–Crippen MR) is 76.4 cm³/mol. The zero-order valence-corrected chi connectivity index (χ0v) is 12.4. The molecule has 0 aliphatic carbocycles. The Kier molecular flexibility index (Phi) is 7.68. The number of hydrogen-bond donors (Lipinski definition) is 2. The summed E-state index contributed by atoms with van der Waals surface area (Å²) in [5.74, 6) is 6.38. The molecule has 3 N–H and O–H groups in total. The molecule has 0 fully saturated rings. The van der Waals surface area contributed by atoms with Crippen molar-refractivity contribution in [3.05, 3.63) is 10.8 Å². The van der Waals surface area contributed by atoms with Crippen LogP contribution in [0.3, 0.4) is 0 Å². The Balaban J connectivity index is 2.23. The molecule has 5 nitrogen and oxygen atoms in total. The van der Waals surface area contributed by atoms with Gasteiger partial charge < -0.3 is 10.2 Å². The van der Waals surface area contributed by atoms with E-state index in [1.54, 1.807) is 0 Å². The molecule has 1 aromatic heterocycles. The number of ether oxygens (including phenoxy) is 1. The van der Waals surface area contributed by atoms with Crippen LogP contribution in [-0.4, -0.2) is 16.6 Å². The molecule has 1 heterocycles. The molecular weight excluding hydrogens is 296 g/mol. The number of nitrogen functional groups attached to an aromatic ring is 1. The van der Waals surface area contributed by atoms with Crippen LogP contribution in [0.1, 0.15) is 45.4 Å². The molecule has 1 aromatic rings. The lowest BCUT2D eigenvalue weighted by atomic mass is 10.1. The minimum Gasteiger partial charge on any atom is -0.477 e. The van der Waals surface area contributed by atoms with Crippen molar-refractivity contribution >= 4 is 21.7 Å². The standard InChI is InChI=1S/C12H21BrN4O/c1-2-3-4-5-6-7-8-18-12-10(13)11(17-14)15-9-16-12/h9H,2-8,14H2,1H3,(H,15,16,17). The first-order valence-corrected chi connectivity index (χ1v) is 7.18. The van der Waals surface area contributed by atoms with Gasteiger partial charge >= 0.3 is 0 Å². The first-order chi connectivity index (χ1) is 8.79. The topological polar surface area (TPSA) is 73.1 Å². The molecule has 18 heavy (non-hydrogen) atoms. The Bertz CT molecular complexity index is 349. The highest BCUT2D eigenvalue weighted by Gasteiger charge is 2.08. The van der Waals surface area contributed by atoms with Gasteiger partial charge in [-0.2, -0.15) is 0 Å². The lowest BCUT2D eigenvalue weighted by molar-refractivity contribution is 0.291. The van der Waals surface area contributed by atoms with Gasteiger partial charge in [0, 0.05) is 0 Å². The number of halogens is 1. The second-order valence-electron chi connectivity index (χ2n) is 4.10. The van der Waals surface area contributed by atoms with E-state index in [2.05, 4.69) is 38.2 Å². The fourth-order valence-corrected chi connectivity index (χ4v) is 2.04. The molecule has 102 valence electrons. The molecule has 0 bridgehead atoms. The van der Waals surface area contributed by atoms with Gasteiger partial charge in [0.2, 0.25) is 5.88 Å². The van der Waals surface area contributed by atoms with Crippen molar-refractivity contribution in [2.75, 3.05) is 12.0 Å². The number of anilines is 1. The Morgan fingerprint density at radius 2 is 1.94 bits per heavy atom. The van der Waals surface area contributed by atoms with E-state index in [1.807, 2.05) is 0 Å². The zero-order valence-electron chi connectivity index (χ0n) is 10.8. The summed E-state index contributed by atoms with van der Waals surface area (Å²) in [6.07, 6.45) is 8.86. The maximum Gasteiger partial charge on any atom is 0.233 e. The molecule has 0 aliphatic rings. The Labute approximate surface area is 117 Å². The monoisotopic (exact) mass is 316 g/mol. The molecule has 0 saturated carbocycles. The van der Waals surface area contributed by atoms with E-state index in [9.17, 15) is 0 Å². The summed E-state index contributed by atoms with van der Waals surface area (Å²) in [5, 5.41) is 0. The van der Waals surface area contributed by atoms with Gasteiger partial charge in [-0.25, -0.2) is 15.8 Å². The summed E-state index contributed by atoms with van der Waals surface area (Å²) in [4.78, 5) is 8.02. The highest BCUT2D eigenvalue weighted by Crippen LogP contribution is 2.27. The second kappa shape index (κ2) is 9.10. The molecule has 0 saturated heterocycles. The largest absolute Gasteiger partial charge is 0.477 e. The number of rotatable bonds is 9. The number of hydrogen-bond acceptors (Lipinski definition) is 5. The van der Waals surface area contributed by atoms with Gasteiger partial charge in [0.15, 0.2) is 5.82 Å². The molecule has 0 radical (unpaired) electrons. The summed E-state index contributed by atoms with van der Waals surface area (Å²) in [6, 6.07) is 0. The SMILES string of the molecule is CCCCCCCCOc1ncnc(NN)c1Br. The lowest BCUT2D eigenvalue weighted by Gasteiger charge is -2.08. The van der Waals surface area contributed by atoms with Crippen molar-refractivity contribution in [2.45, 2.75) is 45.4 Å². The number of nitrogens with zero attached hydrogens (tertiary/aromatic N) is 2. The third kappa shape index (κ3) is 5.18. The van der Waals surface area contributed by atoms with Gasteiger partial charge in [-0.15, -0.1) is 0 Å². The van der Waals surface area contributed by atoms with Crippen LogP contribution in [-0.2, 0) is 0 Å². The van der Waals surface area contributed by atoms with E-state index < -0.39 is 0 Å². The van der Waals surface area contributed by atoms with Gasteiger partial charge in [-0.05, 0) is 22.4 Å². The molecule has 0 unspecified atom stereocenters. The quantitative estimate of drug-likeness (QED) is 0.415. The molecule has 0 spiro atoms. The second-order valence-corrected chi connectivity index (χ2v) is 4.89. The molecular formula is C12H21BrN4O.